The maximum absolute atomic E-state index is 12.7. The van der Waals surface area contributed by atoms with E-state index in [0.717, 1.165) is 11.1 Å². The van der Waals surface area contributed by atoms with E-state index in [2.05, 4.69) is 4.72 Å². The lowest BCUT2D eigenvalue weighted by molar-refractivity contribution is -0.149. The first-order valence-corrected chi connectivity index (χ1v) is 11.1. The fraction of sp³-hybridized carbons (Fsp3) is 0.318. The maximum Gasteiger partial charge on any atom is 0.324 e. The van der Waals surface area contributed by atoms with Gasteiger partial charge in [-0.1, -0.05) is 24.3 Å². The van der Waals surface area contributed by atoms with Crippen LogP contribution in [0.4, 0.5) is 5.69 Å². The average molecular weight is 444 g/mol. The minimum atomic E-state index is -3.91. The van der Waals surface area contributed by atoms with Crippen molar-refractivity contribution in [1.82, 2.24) is 4.72 Å². The van der Waals surface area contributed by atoms with Crippen molar-refractivity contribution in [3.63, 3.8) is 0 Å². The van der Waals surface area contributed by atoms with Gasteiger partial charge in [-0.25, -0.2) is 8.42 Å². The van der Waals surface area contributed by atoms with E-state index in [1.54, 1.807) is 30.3 Å². The van der Waals surface area contributed by atoms with Gasteiger partial charge in [-0.05, 0) is 56.2 Å². The van der Waals surface area contributed by atoms with E-state index < -0.39 is 34.5 Å². The highest BCUT2D eigenvalue weighted by Gasteiger charge is 2.25. The Labute approximate surface area is 182 Å². The number of benzene rings is 2. The average Bonchev–Trinajstić information content (AvgIpc) is 2.72. The number of rotatable bonds is 9. The van der Waals surface area contributed by atoms with E-state index >= 15 is 0 Å². The van der Waals surface area contributed by atoms with Gasteiger partial charge in [-0.2, -0.15) is 9.98 Å². The molecule has 0 heterocycles. The molecule has 2 aromatic carbocycles. The predicted octanol–water partition coefficient (Wildman–Crippen LogP) is 2.46. The molecule has 31 heavy (non-hydrogen) atoms. The van der Waals surface area contributed by atoms with Gasteiger partial charge in [-0.15, -0.1) is 0 Å². The topological polar surface area (TPSA) is 117 Å². The number of nitrogens with one attached hydrogen (secondary N) is 1. The van der Waals surface area contributed by atoms with Crippen molar-refractivity contribution >= 4 is 27.6 Å². The van der Waals surface area contributed by atoms with Crippen LogP contribution in [0.15, 0.2) is 53.4 Å². The van der Waals surface area contributed by atoms with E-state index in [-0.39, 0.29) is 17.9 Å². The molecule has 0 aliphatic carbocycles. The number of sulfonamides is 1. The SMILES string of the molecule is Cc1cc(C)cc(N(CCC#N)C(=O)COC(=O)[C@H](C)NS(=O)(=O)c2ccccc2)c1. The van der Waals surface area contributed by atoms with Gasteiger partial charge < -0.3 is 9.64 Å². The van der Waals surface area contributed by atoms with Crippen LogP contribution in [0.5, 0.6) is 0 Å². The summed E-state index contributed by atoms with van der Waals surface area (Å²) in [6.45, 7) is 4.69. The first kappa shape index (κ1) is 24.1. The van der Waals surface area contributed by atoms with Crippen LogP contribution in [0.2, 0.25) is 0 Å². The first-order chi connectivity index (χ1) is 14.6. The second-order valence-corrected chi connectivity index (χ2v) is 8.78. The van der Waals surface area contributed by atoms with Gasteiger partial charge in [0.1, 0.15) is 6.04 Å². The Morgan fingerprint density at radius 2 is 1.74 bits per heavy atom. The number of ether oxygens (including phenoxy) is 1. The highest BCUT2D eigenvalue weighted by Crippen LogP contribution is 2.19. The summed E-state index contributed by atoms with van der Waals surface area (Å²) in [5, 5.41) is 8.91. The van der Waals surface area contributed by atoms with Gasteiger partial charge >= 0.3 is 5.97 Å². The Kier molecular flexibility index (Phi) is 8.30. The van der Waals surface area contributed by atoms with Gasteiger partial charge in [0.05, 0.1) is 17.4 Å². The summed E-state index contributed by atoms with van der Waals surface area (Å²) in [7, 11) is -3.91. The van der Waals surface area contributed by atoms with Crippen molar-refractivity contribution in [2.24, 2.45) is 0 Å². The van der Waals surface area contributed by atoms with Crippen LogP contribution >= 0.6 is 0 Å². The second kappa shape index (κ2) is 10.7. The number of amides is 1. The maximum atomic E-state index is 12.7. The van der Waals surface area contributed by atoms with Crippen molar-refractivity contribution in [1.29, 1.82) is 5.26 Å². The molecule has 2 aromatic rings. The molecule has 1 amide bonds. The summed E-state index contributed by atoms with van der Waals surface area (Å²) in [6, 6.07) is 14.0. The lowest BCUT2D eigenvalue weighted by atomic mass is 10.1. The molecule has 0 bridgehead atoms. The summed E-state index contributed by atoms with van der Waals surface area (Å²) in [4.78, 5) is 26.4. The number of carbonyl (C=O) groups is 2. The Morgan fingerprint density at radius 1 is 1.13 bits per heavy atom. The summed E-state index contributed by atoms with van der Waals surface area (Å²) in [5.41, 5.74) is 2.50. The van der Waals surface area contributed by atoms with Gasteiger partial charge in [0.15, 0.2) is 6.61 Å². The Hall–Kier alpha value is -3.22. The van der Waals surface area contributed by atoms with Crippen LogP contribution in [0, 0.1) is 25.2 Å². The quantitative estimate of drug-likeness (QED) is 0.595. The molecule has 8 nitrogen and oxygen atoms in total. The molecule has 0 aromatic heterocycles. The van der Waals surface area contributed by atoms with Crippen molar-refractivity contribution in [2.75, 3.05) is 18.1 Å². The Balaban J connectivity index is 2.04. The van der Waals surface area contributed by atoms with Crippen LogP contribution in [-0.4, -0.2) is 39.5 Å². The molecule has 164 valence electrons. The van der Waals surface area contributed by atoms with Gasteiger partial charge in [-0.3, -0.25) is 9.59 Å². The Bertz CT molecular complexity index is 1060. The zero-order valence-electron chi connectivity index (χ0n) is 17.7. The van der Waals surface area contributed by atoms with E-state index in [4.69, 9.17) is 10.00 Å². The molecule has 1 atom stereocenters. The standard InChI is InChI=1S/C22H25N3O5S/c1-16-12-17(2)14-19(13-16)25(11-7-10-23)21(26)15-30-22(27)18(3)24-31(28,29)20-8-5-4-6-9-20/h4-6,8-9,12-14,18,24H,7,11,15H2,1-3H3/t18-/m0/s1. The monoisotopic (exact) mass is 443 g/mol. The van der Waals surface area contributed by atoms with Crippen molar-refractivity contribution in [2.45, 2.75) is 38.1 Å². The van der Waals surface area contributed by atoms with Crippen LogP contribution in [0.1, 0.15) is 24.5 Å². The predicted molar refractivity (Wildman–Crippen MR) is 116 cm³/mol. The molecule has 0 fully saturated rings. The van der Waals surface area contributed by atoms with Crippen molar-refractivity contribution < 1.29 is 22.7 Å². The van der Waals surface area contributed by atoms with Crippen LogP contribution < -0.4 is 9.62 Å². The minimum absolute atomic E-state index is 0.0169. The third-order valence-corrected chi connectivity index (χ3v) is 5.90. The summed E-state index contributed by atoms with van der Waals surface area (Å²) in [6.07, 6.45) is 0.111. The fourth-order valence-electron chi connectivity index (χ4n) is 2.95. The molecule has 0 saturated heterocycles. The molecule has 0 radical (unpaired) electrons. The molecular formula is C22H25N3O5S. The van der Waals surface area contributed by atoms with E-state index in [1.807, 2.05) is 26.0 Å². The van der Waals surface area contributed by atoms with E-state index in [0.29, 0.717) is 5.69 Å². The molecule has 0 aliphatic heterocycles. The molecule has 0 aliphatic rings. The number of hydrogen-bond donors (Lipinski definition) is 1. The summed E-state index contributed by atoms with van der Waals surface area (Å²) >= 11 is 0. The van der Waals surface area contributed by atoms with Gasteiger partial charge in [0.25, 0.3) is 5.91 Å². The van der Waals surface area contributed by atoms with Gasteiger partial charge in [0, 0.05) is 12.2 Å². The second-order valence-electron chi connectivity index (χ2n) is 7.06. The first-order valence-electron chi connectivity index (χ1n) is 9.63. The Morgan fingerprint density at radius 3 is 2.32 bits per heavy atom. The number of carbonyl (C=O) groups excluding carboxylic acids is 2. The molecule has 9 heteroatoms. The molecule has 0 saturated carbocycles. The number of esters is 1. The zero-order chi connectivity index (χ0) is 23.0. The largest absolute Gasteiger partial charge is 0.454 e. The van der Waals surface area contributed by atoms with E-state index in [9.17, 15) is 18.0 Å². The lowest BCUT2D eigenvalue weighted by Crippen LogP contribution is -2.41. The molecule has 2 rings (SSSR count). The fourth-order valence-corrected chi connectivity index (χ4v) is 4.16. The molecule has 0 unspecified atom stereocenters. The normalized spacial score (nSPS) is 11.9. The highest BCUT2D eigenvalue weighted by molar-refractivity contribution is 7.89. The summed E-state index contributed by atoms with van der Waals surface area (Å²) < 4.78 is 32.0. The third kappa shape index (κ3) is 6.91. The molecule has 0 spiro atoms. The number of hydrogen-bond acceptors (Lipinski definition) is 6. The molecular weight excluding hydrogens is 418 g/mol. The van der Waals surface area contributed by atoms with Crippen molar-refractivity contribution in [3.05, 3.63) is 59.7 Å². The zero-order valence-corrected chi connectivity index (χ0v) is 18.5. The summed E-state index contributed by atoms with van der Waals surface area (Å²) in [5.74, 6) is -1.39. The van der Waals surface area contributed by atoms with Gasteiger partial charge in [0.2, 0.25) is 10.0 Å². The smallest absolute Gasteiger partial charge is 0.324 e. The number of nitrogens with zero attached hydrogens (tertiary/aromatic N) is 2. The lowest BCUT2D eigenvalue weighted by Gasteiger charge is -2.23. The number of aryl methyl sites for hydroxylation is 2. The highest BCUT2D eigenvalue weighted by atomic mass is 32.2. The third-order valence-electron chi connectivity index (χ3n) is 4.34. The number of nitriles is 1. The van der Waals surface area contributed by atoms with Crippen molar-refractivity contribution in [3.8, 4) is 6.07 Å². The van der Waals surface area contributed by atoms with E-state index in [1.165, 1.54) is 24.0 Å². The minimum Gasteiger partial charge on any atom is -0.454 e. The van der Waals surface area contributed by atoms with Crippen LogP contribution in [0.3, 0.4) is 0 Å². The van der Waals surface area contributed by atoms with Crippen LogP contribution in [-0.2, 0) is 24.3 Å². The number of anilines is 1. The van der Waals surface area contributed by atoms with Crippen LogP contribution in [0.25, 0.3) is 0 Å². The molecule has 1 N–H and O–H groups in total.